The Bertz CT molecular complexity index is 323. The summed E-state index contributed by atoms with van der Waals surface area (Å²) in [5.74, 6) is 0.325. The fourth-order valence-corrected chi connectivity index (χ4v) is 3.78. The van der Waals surface area contributed by atoms with Crippen LogP contribution in [0.15, 0.2) is 0 Å². The zero-order chi connectivity index (χ0) is 13.8. The summed E-state index contributed by atoms with van der Waals surface area (Å²) in [5.41, 5.74) is 0.141. The minimum absolute atomic E-state index is 0.0698. The van der Waals surface area contributed by atoms with E-state index >= 15 is 0 Å². The van der Waals surface area contributed by atoms with Crippen molar-refractivity contribution < 1.29 is 14.3 Å². The van der Waals surface area contributed by atoms with Gasteiger partial charge in [-0.15, -0.1) is 0 Å². The third kappa shape index (κ3) is 2.17. The van der Waals surface area contributed by atoms with Gasteiger partial charge in [0.2, 0.25) is 0 Å². The summed E-state index contributed by atoms with van der Waals surface area (Å²) in [5, 5.41) is 10.1. The minimum atomic E-state index is -1.72. The van der Waals surface area contributed by atoms with Crippen molar-refractivity contribution in [2.45, 2.75) is 71.1 Å². The predicted octanol–water partition coefficient (Wildman–Crippen LogP) is 3.14. The van der Waals surface area contributed by atoms with Gasteiger partial charge >= 0.3 is 0 Å². The molecule has 0 aromatic carbocycles. The van der Waals surface area contributed by atoms with Crippen molar-refractivity contribution in [2.75, 3.05) is 6.61 Å². The summed E-state index contributed by atoms with van der Waals surface area (Å²) in [6.45, 7) is 14.1. The van der Waals surface area contributed by atoms with Crippen molar-refractivity contribution in [3.05, 3.63) is 0 Å². The van der Waals surface area contributed by atoms with E-state index in [-0.39, 0.29) is 16.6 Å². The molecule has 2 rings (SSSR count). The molecule has 1 N–H and O–H groups in total. The summed E-state index contributed by atoms with van der Waals surface area (Å²) in [7, 11) is -1.72. The van der Waals surface area contributed by atoms with E-state index in [0.29, 0.717) is 12.5 Å². The van der Waals surface area contributed by atoms with Crippen LogP contribution in [-0.4, -0.2) is 32.4 Å². The van der Waals surface area contributed by atoms with Gasteiger partial charge in [-0.05, 0) is 31.0 Å². The molecule has 4 heteroatoms. The largest absolute Gasteiger partial charge is 0.414 e. The van der Waals surface area contributed by atoms with E-state index < -0.39 is 14.6 Å². The smallest absolute Gasteiger partial charge is 0.192 e. The molecule has 1 heterocycles. The predicted molar refractivity (Wildman–Crippen MR) is 74.9 cm³/mol. The van der Waals surface area contributed by atoms with Gasteiger partial charge in [-0.3, -0.25) is 0 Å². The maximum Gasteiger partial charge on any atom is 0.192 e. The number of aliphatic hydroxyl groups is 1. The summed E-state index contributed by atoms with van der Waals surface area (Å²) in [6.07, 6.45) is 1.74. The van der Waals surface area contributed by atoms with Gasteiger partial charge in [0.25, 0.3) is 0 Å². The van der Waals surface area contributed by atoms with Gasteiger partial charge in [0, 0.05) is 11.3 Å². The molecule has 1 aliphatic heterocycles. The first kappa shape index (κ1) is 14.5. The molecular weight excluding hydrogens is 244 g/mol. The molecule has 0 amide bonds. The fourth-order valence-electron chi connectivity index (χ4n) is 2.78. The highest BCUT2D eigenvalue weighted by Crippen LogP contribution is 2.57. The van der Waals surface area contributed by atoms with E-state index in [2.05, 4.69) is 40.8 Å². The van der Waals surface area contributed by atoms with Gasteiger partial charge in [0.1, 0.15) is 0 Å². The number of fused-ring (bicyclic) bond motifs is 1. The van der Waals surface area contributed by atoms with Gasteiger partial charge in [-0.1, -0.05) is 27.7 Å². The molecule has 0 radical (unpaired) electrons. The van der Waals surface area contributed by atoms with Crippen LogP contribution in [0.3, 0.4) is 0 Å². The van der Waals surface area contributed by atoms with Crippen LogP contribution in [-0.2, 0) is 9.16 Å². The van der Waals surface area contributed by atoms with Gasteiger partial charge in [0.05, 0.1) is 12.7 Å². The van der Waals surface area contributed by atoms with Crippen LogP contribution in [0.5, 0.6) is 0 Å². The van der Waals surface area contributed by atoms with Crippen molar-refractivity contribution in [1.29, 1.82) is 0 Å². The van der Waals surface area contributed by atoms with Crippen LogP contribution in [0, 0.1) is 11.3 Å². The highest BCUT2D eigenvalue weighted by Gasteiger charge is 2.58. The zero-order valence-corrected chi connectivity index (χ0v) is 13.6. The van der Waals surface area contributed by atoms with Crippen molar-refractivity contribution in [3.63, 3.8) is 0 Å². The first-order chi connectivity index (χ1) is 8.08. The maximum atomic E-state index is 9.88. The lowest BCUT2D eigenvalue weighted by Gasteiger charge is -2.45. The van der Waals surface area contributed by atoms with Crippen LogP contribution in [0.4, 0.5) is 0 Å². The molecule has 2 fully saturated rings. The first-order valence-electron chi connectivity index (χ1n) is 7.05. The summed E-state index contributed by atoms with van der Waals surface area (Å²) >= 11 is 0. The molecule has 18 heavy (non-hydrogen) atoms. The average molecular weight is 272 g/mol. The molecule has 1 saturated heterocycles. The first-order valence-corrected chi connectivity index (χ1v) is 9.96. The van der Waals surface area contributed by atoms with Crippen molar-refractivity contribution in [2.24, 2.45) is 11.3 Å². The Morgan fingerprint density at radius 1 is 1.39 bits per heavy atom. The monoisotopic (exact) mass is 272 g/mol. The van der Waals surface area contributed by atoms with Crippen molar-refractivity contribution >= 4 is 8.32 Å². The number of rotatable bonds is 3. The topological polar surface area (TPSA) is 38.7 Å². The fraction of sp³-hybridized carbons (Fsp3) is 1.00. The second-order valence-electron chi connectivity index (χ2n) is 7.74. The van der Waals surface area contributed by atoms with E-state index in [1.54, 1.807) is 0 Å². The van der Waals surface area contributed by atoms with Crippen molar-refractivity contribution in [1.82, 2.24) is 0 Å². The normalized spacial score (nSPS) is 40.5. The Hall–Kier alpha value is 0.0969. The Kier molecular flexibility index (Phi) is 3.47. The Balaban J connectivity index is 1.96. The summed E-state index contributed by atoms with van der Waals surface area (Å²) < 4.78 is 12.0. The molecular formula is C14H28O3Si. The SMILES string of the molecule is CC(C)(C)[Si](C)(C)OC[C@H]1O[C@@H](O)[C@@H]2CC[C@]12C. The molecule has 0 aromatic heterocycles. The van der Waals surface area contributed by atoms with Crippen LogP contribution in [0.25, 0.3) is 0 Å². The molecule has 0 bridgehead atoms. The Labute approximate surface area is 112 Å². The van der Waals surface area contributed by atoms with Crippen LogP contribution >= 0.6 is 0 Å². The average Bonchev–Trinajstić information content (AvgIpc) is 2.34. The quantitative estimate of drug-likeness (QED) is 0.802. The second-order valence-corrected chi connectivity index (χ2v) is 12.5. The number of ether oxygens (including phenoxy) is 1. The molecule has 1 aliphatic carbocycles. The van der Waals surface area contributed by atoms with E-state index in [0.717, 1.165) is 12.8 Å². The molecule has 0 spiro atoms. The summed E-state index contributed by atoms with van der Waals surface area (Å²) in [6, 6.07) is 0. The molecule has 2 aliphatic rings. The lowest BCUT2D eigenvalue weighted by Crippen LogP contribution is -2.48. The lowest BCUT2D eigenvalue weighted by molar-refractivity contribution is -0.114. The van der Waals surface area contributed by atoms with Gasteiger partial charge < -0.3 is 14.3 Å². The molecule has 106 valence electrons. The minimum Gasteiger partial charge on any atom is -0.414 e. The number of aliphatic hydroxyl groups excluding tert-OH is 1. The standard InChI is InChI=1S/C14H28O3Si/c1-13(2,3)18(5,6)16-9-11-14(4)8-7-10(14)12(15)17-11/h10-12,15H,7-9H2,1-6H3/t10-,11+,12+,14-/m0/s1. The number of hydrogen-bond acceptors (Lipinski definition) is 3. The van der Waals surface area contributed by atoms with E-state index in [4.69, 9.17) is 9.16 Å². The molecule has 1 saturated carbocycles. The Morgan fingerprint density at radius 2 is 2.00 bits per heavy atom. The third-order valence-corrected chi connectivity index (χ3v) is 10.1. The third-order valence-electron chi connectivity index (χ3n) is 5.63. The maximum absolute atomic E-state index is 9.88. The van der Waals surface area contributed by atoms with E-state index in [1.165, 1.54) is 0 Å². The second kappa shape index (κ2) is 4.30. The van der Waals surface area contributed by atoms with Crippen LogP contribution in [0.2, 0.25) is 18.1 Å². The van der Waals surface area contributed by atoms with Crippen LogP contribution in [0.1, 0.15) is 40.5 Å². The molecule has 0 unspecified atom stereocenters. The van der Waals surface area contributed by atoms with E-state index in [1.807, 2.05) is 0 Å². The summed E-state index contributed by atoms with van der Waals surface area (Å²) in [4.78, 5) is 0. The van der Waals surface area contributed by atoms with Gasteiger partial charge in [-0.2, -0.15) is 0 Å². The van der Waals surface area contributed by atoms with Gasteiger partial charge in [0.15, 0.2) is 14.6 Å². The molecule has 0 aromatic rings. The lowest BCUT2D eigenvalue weighted by atomic mass is 9.60. The zero-order valence-electron chi connectivity index (χ0n) is 12.6. The van der Waals surface area contributed by atoms with Gasteiger partial charge in [-0.25, -0.2) is 0 Å². The van der Waals surface area contributed by atoms with Crippen molar-refractivity contribution in [3.8, 4) is 0 Å². The number of hydrogen-bond donors (Lipinski definition) is 1. The molecule has 4 atom stereocenters. The highest BCUT2D eigenvalue weighted by atomic mass is 28.4. The Morgan fingerprint density at radius 3 is 2.39 bits per heavy atom. The van der Waals surface area contributed by atoms with E-state index in [9.17, 15) is 5.11 Å². The molecule has 3 nitrogen and oxygen atoms in total. The highest BCUT2D eigenvalue weighted by molar-refractivity contribution is 6.74. The van der Waals surface area contributed by atoms with Crippen LogP contribution < -0.4 is 0 Å².